The minimum Gasteiger partial charge on any atom is -0.494 e. The van der Waals surface area contributed by atoms with E-state index in [1.807, 2.05) is 42.2 Å². The minimum atomic E-state index is 0.0247. The highest BCUT2D eigenvalue weighted by Gasteiger charge is 2.21. The van der Waals surface area contributed by atoms with E-state index in [0.29, 0.717) is 26.3 Å². The van der Waals surface area contributed by atoms with Gasteiger partial charge < -0.3 is 25.2 Å². The molecule has 1 aliphatic rings. The number of hydrogen-bond donors (Lipinski definition) is 2. The van der Waals surface area contributed by atoms with Gasteiger partial charge in [-0.15, -0.1) is 0 Å². The van der Waals surface area contributed by atoms with E-state index < -0.39 is 0 Å². The van der Waals surface area contributed by atoms with Crippen molar-refractivity contribution in [3.63, 3.8) is 0 Å². The number of aromatic nitrogens is 2. The van der Waals surface area contributed by atoms with Crippen LogP contribution in [0.3, 0.4) is 0 Å². The molecular weight excluding hydrogens is 332 g/mol. The number of nitrogens with two attached hydrogens (primary N) is 1. The molecule has 0 amide bonds. The third kappa shape index (κ3) is 4.62. The largest absolute Gasteiger partial charge is 0.494 e. The molecule has 1 aliphatic heterocycles. The second-order valence-electron chi connectivity index (χ2n) is 6.30. The zero-order valence-corrected chi connectivity index (χ0v) is 15.1. The maximum Gasteiger partial charge on any atom is 0.222 e. The van der Waals surface area contributed by atoms with Gasteiger partial charge in [0.2, 0.25) is 5.95 Å². The number of aliphatic hydroxyl groups is 1. The van der Waals surface area contributed by atoms with Gasteiger partial charge in [0.1, 0.15) is 11.6 Å². The number of aliphatic hydroxyl groups excluding tert-OH is 1. The Morgan fingerprint density at radius 2 is 2.23 bits per heavy atom. The summed E-state index contributed by atoms with van der Waals surface area (Å²) in [5.74, 6) is 2.04. The second-order valence-corrected chi connectivity index (χ2v) is 6.30. The number of rotatable bonds is 8. The first-order valence-corrected chi connectivity index (χ1v) is 8.99. The van der Waals surface area contributed by atoms with Crippen molar-refractivity contribution in [1.29, 1.82) is 0 Å². The predicted octanol–water partition coefficient (Wildman–Crippen LogP) is 1.96. The summed E-state index contributed by atoms with van der Waals surface area (Å²) in [5, 5.41) is 9.50. The summed E-state index contributed by atoms with van der Waals surface area (Å²) in [6, 6.07) is 9.89. The van der Waals surface area contributed by atoms with Crippen molar-refractivity contribution < 1.29 is 14.6 Å². The van der Waals surface area contributed by atoms with Crippen molar-refractivity contribution in [2.24, 2.45) is 0 Å². The molecule has 2 heterocycles. The molecule has 0 saturated carbocycles. The van der Waals surface area contributed by atoms with Gasteiger partial charge in [-0.2, -0.15) is 4.98 Å². The van der Waals surface area contributed by atoms with E-state index in [0.717, 1.165) is 35.9 Å². The lowest BCUT2D eigenvalue weighted by Crippen LogP contribution is -2.27. The van der Waals surface area contributed by atoms with Crippen molar-refractivity contribution >= 4 is 11.8 Å². The van der Waals surface area contributed by atoms with Crippen LogP contribution in [0.2, 0.25) is 0 Å². The monoisotopic (exact) mass is 358 g/mol. The Bertz CT molecular complexity index is 720. The van der Waals surface area contributed by atoms with Crippen molar-refractivity contribution in [2.75, 3.05) is 43.6 Å². The average molecular weight is 358 g/mol. The second kappa shape index (κ2) is 8.82. The molecule has 1 atom stereocenters. The van der Waals surface area contributed by atoms with Crippen LogP contribution in [0.1, 0.15) is 30.5 Å². The normalized spacial score (nSPS) is 16.6. The van der Waals surface area contributed by atoms with Crippen LogP contribution in [0, 0.1) is 0 Å². The Morgan fingerprint density at radius 1 is 1.35 bits per heavy atom. The predicted molar refractivity (Wildman–Crippen MR) is 100 cm³/mol. The van der Waals surface area contributed by atoms with E-state index in [1.165, 1.54) is 0 Å². The summed E-state index contributed by atoms with van der Waals surface area (Å²) < 4.78 is 11.0. The zero-order chi connectivity index (χ0) is 18.4. The van der Waals surface area contributed by atoms with Crippen molar-refractivity contribution in [2.45, 2.75) is 25.8 Å². The molecule has 2 aromatic rings. The molecule has 3 rings (SSSR count). The van der Waals surface area contributed by atoms with Gasteiger partial charge in [0.25, 0.3) is 0 Å². The van der Waals surface area contributed by atoms with E-state index in [9.17, 15) is 5.11 Å². The Balaban J connectivity index is 1.84. The lowest BCUT2D eigenvalue weighted by molar-refractivity contribution is 0.193. The maximum absolute atomic E-state index is 9.50. The van der Waals surface area contributed by atoms with E-state index in [2.05, 4.69) is 9.97 Å². The topological polar surface area (TPSA) is 93.7 Å². The van der Waals surface area contributed by atoms with Gasteiger partial charge in [0.05, 0.1) is 25.5 Å². The molecule has 7 heteroatoms. The number of benzene rings is 1. The third-order valence-electron chi connectivity index (χ3n) is 4.37. The molecule has 1 fully saturated rings. The fourth-order valence-electron chi connectivity index (χ4n) is 3.13. The molecule has 3 N–H and O–H groups in total. The first-order valence-electron chi connectivity index (χ1n) is 8.99. The van der Waals surface area contributed by atoms with Gasteiger partial charge in [0, 0.05) is 31.7 Å². The van der Waals surface area contributed by atoms with Gasteiger partial charge in [-0.05, 0) is 31.0 Å². The lowest BCUT2D eigenvalue weighted by Gasteiger charge is -2.24. The van der Waals surface area contributed by atoms with Crippen LogP contribution in [0.5, 0.6) is 5.75 Å². The van der Waals surface area contributed by atoms with Gasteiger partial charge in [0.15, 0.2) is 0 Å². The van der Waals surface area contributed by atoms with Crippen molar-refractivity contribution in [3.8, 4) is 5.75 Å². The summed E-state index contributed by atoms with van der Waals surface area (Å²) >= 11 is 0. The van der Waals surface area contributed by atoms with Crippen LogP contribution < -0.4 is 15.4 Å². The molecule has 1 unspecified atom stereocenters. The molecular formula is C19H26N4O3. The fraction of sp³-hybridized carbons (Fsp3) is 0.474. The van der Waals surface area contributed by atoms with E-state index in [-0.39, 0.29) is 18.5 Å². The molecule has 0 bridgehead atoms. The summed E-state index contributed by atoms with van der Waals surface area (Å²) in [6.07, 6.45) is 0.937. The standard InChI is InChI=1S/C19H26N4O3/c1-2-26-16-5-3-4-14(10-16)12-23(7-8-24)18-11-17(21-19(20)22-18)15-6-9-25-13-15/h3-5,10-11,15,24H,2,6-9,12-13H2,1H3,(H2,20,21,22). The molecule has 0 spiro atoms. The number of nitrogens with zero attached hydrogens (tertiary/aromatic N) is 3. The van der Waals surface area contributed by atoms with E-state index in [1.54, 1.807) is 0 Å². The molecule has 7 nitrogen and oxygen atoms in total. The molecule has 1 saturated heterocycles. The van der Waals surface area contributed by atoms with Crippen LogP contribution in [0.25, 0.3) is 0 Å². The molecule has 1 aromatic heterocycles. The van der Waals surface area contributed by atoms with Crippen molar-refractivity contribution in [1.82, 2.24) is 9.97 Å². The van der Waals surface area contributed by atoms with Crippen LogP contribution in [0.15, 0.2) is 30.3 Å². The lowest BCUT2D eigenvalue weighted by atomic mass is 10.0. The minimum absolute atomic E-state index is 0.0247. The smallest absolute Gasteiger partial charge is 0.222 e. The van der Waals surface area contributed by atoms with Gasteiger partial charge >= 0.3 is 0 Å². The highest BCUT2D eigenvalue weighted by Crippen LogP contribution is 2.27. The number of ether oxygens (including phenoxy) is 2. The fourth-order valence-corrected chi connectivity index (χ4v) is 3.13. The summed E-state index contributed by atoms with van der Waals surface area (Å²) in [5.41, 5.74) is 7.92. The van der Waals surface area contributed by atoms with Crippen LogP contribution in [0.4, 0.5) is 11.8 Å². The number of anilines is 2. The number of hydrogen-bond acceptors (Lipinski definition) is 7. The van der Waals surface area contributed by atoms with Crippen LogP contribution >= 0.6 is 0 Å². The Hall–Kier alpha value is -2.38. The average Bonchev–Trinajstić information content (AvgIpc) is 3.16. The molecule has 0 radical (unpaired) electrons. The summed E-state index contributed by atoms with van der Waals surface area (Å²) in [4.78, 5) is 10.8. The molecule has 0 aliphatic carbocycles. The summed E-state index contributed by atoms with van der Waals surface area (Å²) in [6.45, 7) is 5.06. The van der Waals surface area contributed by atoms with Gasteiger partial charge in [-0.3, -0.25) is 0 Å². The van der Waals surface area contributed by atoms with Gasteiger partial charge in [-0.25, -0.2) is 4.98 Å². The molecule has 140 valence electrons. The Morgan fingerprint density at radius 3 is 2.96 bits per heavy atom. The Kier molecular flexibility index (Phi) is 6.25. The highest BCUT2D eigenvalue weighted by molar-refractivity contribution is 5.45. The number of nitrogen functional groups attached to an aromatic ring is 1. The third-order valence-corrected chi connectivity index (χ3v) is 4.37. The zero-order valence-electron chi connectivity index (χ0n) is 15.1. The van der Waals surface area contributed by atoms with Crippen molar-refractivity contribution in [3.05, 3.63) is 41.6 Å². The quantitative estimate of drug-likeness (QED) is 0.745. The molecule has 26 heavy (non-hydrogen) atoms. The maximum atomic E-state index is 9.50. The van der Waals surface area contributed by atoms with Crippen LogP contribution in [-0.2, 0) is 11.3 Å². The van der Waals surface area contributed by atoms with E-state index >= 15 is 0 Å². The first kappa shape index (κ1) is 18.4. The first-order chi connectivity index (χ1) is 12.7. The van der Waals surface area contributed by atoms with Crippen LogP contribution in [-0.4, -0.2) is 48.0 Å². The highest BCUT2D eigenvalue weighted by atomic mass is 16.5. The van der Waals surface area contributed by atoms with Gasteiger partial charge in [-0.1, -0.05) is 12.1 Å². The molecule has 1 aromatic carbocycles. The Labute approximate surface area is 153 Å². The summed E-state index contributed by atoms with van der Waals surface area (Å²) in [7, 11) is 0. The SMILES string of the molecule is CCOc1cccc(CN(CCO)c2cc(C3CCOC3)nc(N)n2)c1. The van der Waals surface area contributed by atoms with E-state index in [4.69, 9.17) is 15.2 Å².